The van der Waals surface area contributed by atoms with E-state index in [0.717, 1.165) is 16.6 Å². The first-order valence-corrected chi connectivity index (χ1v) is 7.54. The monoisotopic (exact) mass is 252 g/mol. The van der Waals surface area contributed by atoms with Crippen LogP contribution in [0.3, 0.4) is 0 Å². The van der Waals surface area contributed by atoms with Crippen LogP contribution in [0.15, 0.2) is 30.5 Å². The normalized spacial score (nSPS) is 12.1. The van der Waals surface area contributed by atoms with Gasteiger partial charge in [-0.25, -0.2) is 8.42 Å². The van der Waals surface area contributed by atoms with E-state index in [1.165, 1.54) is 6.26 Å². The summed E-state index contributed by atoms with van der Waals surface area (Å²) < 4.78 is 24.1. The standard InChI is InChI=1S/C12H16N2O2S/c1-17(15,16)9-3-7-14-8-6-10-4-2-5-11(13)12(10)14/h2,4-6,8H,3,7,9,13H2,1H3. The Labute approximate surface area is 101 Å². The molecule has 17 heavy (non-hydrogen) atoms. The Hall–Kier alpha value is -1.49. The van der Waals surface area contributed by atoms with E-state index in [9.17, 15) is 8.42 Å². The maximum absolute atomic E-state index is 11.1. The van der Waals surface area contributed by atoms with Crippen LogP contribution in [0.25, 0.3) is 10.9 Å². The largest absolute Gasteiger partial charge is 0.397 e. The number of nitrogens with zero attached hydrogens (tertiary/aromatic N) is 1. The summed E-state index contributed by atoms with van der Waals surface area (Å²) in [6.45, 7) is 0.671. The van der Waals surface area contributed by atoms with Crippen LogP contribution >= 0.6 is 0 Å². The van der Waals surface area contributed by atoms with Crippen molar-refractivity contribution in [2.45, 2.75) is 13.0 Å². The Balaban J connectivity index is 2.20. The first-order valence-electron chi connectivity index (χ1n) is 5.48. The van der Waals surface area contributed by atoms with Gasteiger partial charge in [-0.1, -0.05) is 12.1 Å². The number of nitrogens with two attached hydrogens (primary N) is 1. The predicted octanol–water partition coefficient (Wildman–Crippen LogP) is 1.66. The van der Waals surface area contributed by atoms with Gasteiger partial charge in [-0.2, -0.15) is 0 Å². The van der Waals surface area contributed by atoms with Crippen LogP contribution in [-0.2, 0) is 16.4 Å². The van der Waals surface area contributed by atoms with Gasteiger partial charge in [0.05, 0.1) is 17.0 Å². The molecule has 0 aliphatic rings. The Kier molecular flexibility index (Phi) is 3.11. The summed E-state index contributed by atoms with van der Waals surface area (Å²) in [6, 6.07) is 7.76. The lowest BCUT2D eigenvalue weighted by molar-refractivity contribution is 0.593. The minimum Gasteiger partial charge on any atom is -0.397 e. The lowest BCUT2D eigenvalue weighted by atomic mass is 10.2. The van der Waals surface area contributed by atoms with Crippen molar-refractivity contribution < 1.29 is 8.42 Å². The number of fused-ring (bicyclic) bond motifs is 1. The highest BCUT2D eigenvalue weighted by Crippen LogP contribution is 2.22. The molecular formula is C12H16N2O2S. The average molecular weight is 252 g/mol. The van der Waals surface area contributed by atoms with E-state index in [4.69, 9.17) is 5.73 Å². The zero-order chi connectivity index (χ0) is 12.5. The second kappa shape index (κ2) is 4.41. The molecule has 92 valence electrons. The fourth-order valence-electron chi connectivity index (χ4n) is 1.97. The van der Waals surface area contributed by atoms with Crippen LogP contribution in [0.2, 0.25) is 0 Å². The molecule has 0 radical (unpaired) electrons. The number of hydrogen-bond acceptors (Lipinski definition) is 3. The summed E-state index contributed by atoms with van der Waals surface area (Å²) >= 11 is 0. The van der Waals surface area contributed by atoms with Gasteiger partial charge < -0.3 is 10.3 Å². The maximum atomic E-state index is 11.1. The molecule has 4 nitrogen and oxygen atoms in total. The summed E-state index contributed by atoms with van der Waals surface area (Å²) in [6.07, 6.45) is 3.81. The van der Waals surface area contributed by atoms with Crippen molar-refractivity contribution >= 4 is 26.4 Å². The van der Waals surface area contributed by atoms with Gasteiger partial charge in [0, 0.05) is 24.4 Å². The first kappa shape index (κ1) is 12.0. The van der Waals surface area contributed by atoms with Gasteiger partial charge in [0.1, 0.15) is 9.84 Å². The maximum Gasteiger partial charge on any atom is 0.147 e. The summed E-state index contributed by atoms with van der Waals surface area (Å²) in [5, 5.41) is 1.09. The van der Waals surface area contributed by atoms with Gasteiger partial charge in [-0.3, -0.25) is 0 Å². The third-order valence-electron chi connectivity index (χ3n) is 2.73. The van der Waals surface area contributed by atoms with Gasteiger partial charge in [-0.05, 0) is 18.6 Å². The van der Waals surface area contributed by atoms with Gasteiger partial charge in [0.25, 0.3) is 0 Å². The van der Waals surface area contributed by atoms with Crippen molar-refractivity contribution in [3.05, 3.63) is 30.5 Å². The van der Waals surface area contributed by atoms with E-state index in [-0.39, 0.29) is 5.75 Å². The van der Waals surface area contributed by atoms with Crippen LogP contribution in [0.4, 0.5) is 5.69 Å². The second-order valence-electron chi connectivity index (χ2n) is 4.28. The van der Waals surface area contributed by atoms with Crippen LogP contribution in [0, 0.1) is 0 Å². The highest BCUT2D eigenvalue weighted by atomic mass is 32.2. The van der Waals surface area contributed by atoms with Crippen molar-refractivity contribution in [2.75, 3.05) is 17.7 Å². The number of hydrogen-bond donors (Lipinski definition) is 1. The molecule has 2 N–H and O–H groups in total. The van der Waals surface area contributed by atoms with Gasteiger partial charge >= 0.3 is 0 Å². The van der Waals surface area contributed by atoms with Gasteiger partial charge in [0.15, 0.2) is 0 Å². The molecule has 1 aromatic carbocycles. The zero-order valence-electron chi connectivity index (χ0n) is 9.76. The van der Waals surface area contributed by atoms with Crippen LogP contribution in [-0.4, -0.2) is 25.0 Å². The highest BCUT2D eigenvalue weighted by Gasteiger charge is 2.06. The Morgan fingerprint density at radius 1 is 1.29 bits per heavy atom. The molecule has 0 fully saturated rings. The van der Waals surface area contributed by atoms with Crippen LogP contribution < -0.4 is 5.73 Å². The van der Waals surface area contributed by atoms with Gasteiger partial charge in [0.2, 0.25) is 0 Å². The Morgan fingerprint density at radius 3 is 2.76 bits per heavy atom. The molecular weight excluding hydrogens is 236 g/mol. The lowest BCUT2D eigenvalue weighted by Crippen LogP contribution is -2.07. The fourth-order valence-corrected chi connectivity index (χ4v) is 2.63. The molecule has 0 saturated heterocycles. The molecule has 5 heteroatoms. The molecule has 0 saturated carbocycles. The molecule has 2 aromatic rings. The third kappa shape index (κ3) is 2.79. The first-order chi connectivity index (χ1) is 7.97. The third-order valence-corrected chi connectivity index (χ3v) is 3.76. The highest BCUT2D eigenvalue weighted by molar-refractivity contribution is 7.90. The Bertz CT molecular complexity index is 629. The number of anilines is 1. The molecule has 0 aliphatic carbocycles. The molecule has 0 bridgehead atoms. The number of aromatic nitrogens is 1. The predicted molar refractivity (Wildman–Crippen MR) is 70.7 cm³/mol. The number of benzene rings is 1. The summed E-state index contributed by atoms with van der Waals surface area (Å²) in [5.74, 6) is 0.208. The van der Waals surface area contributed by atoms with E-state index in [1.807, 2.05) is 35.0 Å². The van der Waals surface area contributed by atoms with E-state index < -0.39 is 9.84 Å². The zero-order valence-corrected chi connectivity index (χ0v) is 10.6. The molecule has 0 spiro atoms. The number of aryl methyl sites for hydroxylation is 1. The minimum atomic E-state index is -2.89. The fraction of sp³-hybridized carbons (Fsp3) is 0.333. The quantitative estimate of drug-likeness (QED) is 0.842. The lowest BCUT2D eigenvalue weighted by Gasteiger charge is -2.06. The number of sulfone groups is 1. The van der Waals surface area contributed by atoms with Crippen molar-refractivity contribution in [3.8, 4) is 0 Å². The van der Waals surface area contributed by atoms with Crippen molar-refractivity contribution in [1.82, 2.24) is 4.57 Å². The molecule has 1 aromatic heterocycles. The minimum absolute atomic E-state index is 0.208. The van der Waals surface area contributed by atoms with Crippen LogP contribution in [0.1, 0.15) is 6.42 Å². The van der Waals surface area contributed by atoms with E-state index in [2.05, 4.69) is 0 Å². The topological polar surface area (TPSA) is 65.1 Å². The molecule has 0 amide bonds. The number of nitrogen functional groups attached to an aromatic ring is 1. The SMILES string of the molecule is CS(=O)(=O)CCCn1ccc2cccc(N)c21. The molecule has 0 aliphatic heterocycles. The van der Waals surface area contributed by atoms with Crippen LogP contribution in [0.5, 0.6) is 0 Å². The summed E-state index contributed by atoms with van der Waals surface area (Å²) in [5.41, 5.74) is 7.64. The smallest absolute Gasteiger partial charge is 0.147 e. The molecule has 1 heterocycles. The second-order valence-corrected chi connectivity index (χ2v) is 6.54. The average Bonchev–Trinajstić information content (AvgIpc) is 2.61. The van der Waals surface area contributed by atoms with Gasteiger partial charge in [-0.15, -0.1) is 0 Å². The number of para-hydroxylation sites is 1. The van der Waals surface area contributed by atoms with Crippen molar-refractivity contribution in [3.63, 3.8) is 0 Å². The van der Waals surface area contributed by atoms with E-state index in [0.29, 0.717) is 13.0 Å². The summed E-state index contributed by atoms with van der Waals surface area (Å²) in [7, 11) is -2.89. The molecule has 0 unspecified atom stereocenters. The van der Waals surface area contributed by atoms with Crippen molar-refractivity contribution in [1.29, 1.82) is 0 Å². The molecule has 2 rings (SSSR count). The Morgan fingerprint density at radius 2 is 2.06 bits per heavy atom. The van der Waals surface area contributed by atoms with E-state index >= 15 is 0 Å². The van der Waals surface area contributed by atoms with E-state index in [1.54, 1.807) is 0 Å². The number of rotatable bonds is 4. The summed E-state index contributed by atoms with van der Waals surface area (Å²) in [4.78, 5) is 0. The molecule has 0 atom stereocenters. The van der Waals surface area contributed by atoms with Crippen molar-refractivity contribution in [2.24, 2.45) is 0 Å².